The first kappa shape index (κ1) is 25.5. The molecule has 0 amide bonds. The first-order valence-corrected chi connectivity index (χ1v) is 12.3. The van der Waals surface area contributed by atoms with Crippen LogP contribution in [0.4, 0.5) is 14.6 Å². The van der Waals surface area contributed by atoms with E-state index in [1.807, 2.05) is 6.07 Å². The van der Waals surface area contributed by atoms with Crippen LogP contribution in [0.2, 0.25) is 5.02 Å². The lowest BCUT2D eigenvalue weighted by Gasteiger charge is -2.33. The van der Waals surface area contributed by atoms with Gasteiger partial charge in [0.05, 0.1) is 17.1 Å². The minimum Gasteiger partial charge on any atom is -0.491 e. The summed E-state index contributed by atoms with van der Waals surface area (Å²) in [6.45, 7) is 3.18. The summed E-state index contributed by atoms with van der Waals surface area (Å²) in [6, 6.07) is 9.45. The summed E-state index contributed by atoms with van der Waals surface area (Å²) in [5.41, 5.74) is 8.76. The Kier molecular flexibility index (Phi) is 9.55. The molecule has 2 atom stereocenters. The fourth-order valence-electron chi connectivity index (χ4n) is 3.73. The Labute approximate surface area is 207 Å². The lowest BCUT2D eigenvalue weighted by atomic mass is 9.80. The standard InChI is InChI=1S/C21H22ClF2NOS.C3H4N2S/c1-2-25-19-8-4-7-15(13-5-3-6-14(23)9-13)16(19)12-26-20-11-18(24)21(27)10-17(20)22;4-3-1-6-2-5-3/h3,5-7,9-11,16,19,25,27H,2,4,8,12H2,1H3;1-2H,4H2. The van der Waals surface area contributed by atoms with E-state index in [2.05, 4.69) is 35.9 Å². The summed E-state index contributed by atoms with van der Waals surface area (Å²) in [7, 11) is 0. The smallest absolute Gasteiger partial charge is 0.140 e. The van der Waals surface area contributed by atoms with Gasteiger partial charge in [0, 0.05) is 28.3 Å². The van der Waals surface area contributed by atoms with E-state index < -0.39 is 5.82 Å². The third-order valence-electron chi connectivity index (χ3n) is 5.22. The first-order chi connectivity index (χ1) is 15.9. The van der Waals surface area contributed by atoms with Gasteiger partial charge in [-0.1, -0.05) is 36.7 Å². The molecule has 0 spiro atoms. The number of anilines is 1. The van der Waals surface area contributed by atoms with Gasteiger partial charge in [-0.3, -0.25) is 0 Å². The van der Waals surface area contributed by atoms with Crippen LogP contribution >= 0.6 is 35.6 Å². The minimum absolute atomic E-state index is 0.00435. The molecule has 4 rings (SSSR count). The quantitative estimate of drug-likeness (QED) is 0.333. The first-order valence-electron chi connectivity index (χ1n) is 10.5. The van der Waals surface area contributed by atoms with Crippen LogP contribution < -0.4 is 15.8 Å². The van der Waals surface area contributed by atoms with Crippen LogP contribution in [0, 0.1) is 17.6 Å². The molecule has 0 saturated carbocycles. The summed E-state index contributed by atoms with van der Waals surface area (Å²) in [4.78, 5) is 3.89. The van der Waals surface area contributed by atoms with Crippen molar-refractivity contribution in [3.8, 4) is 5.75 Å². The molecule has 0 fully saturated rings. The highest BCUT2D eigenvalue weighted by molar-refractivity contribution is 7.80. The van der Waals surface area contributed by atoms with Gasteiger partial charge in [0.25, 0.3) is 0 Å². The molecular weight excluding hydrogens is 484 g/mol. The molecule has 33 heavy (non-hydrogen) atoms. The Hall–Kier alpha value is -2.13. The van der Waals surface area contributed by atoms with Crippen molar-refractivity contribution in [2.75, 3.05) is 18.9 Å². The molecule has 1 aromatic heterocycles. The van der Waals surface area contributed by atoms with Crippen molar-refractivity contribution in [1.29, 1.82) is 0 Å². The second-order valence-corrected chi connectivity index (χ2v) is 9.08. The van der Waals surface area contributed by atoms with Crippen LogP contribution in [-0.4, -0.2) is 24.2 Å². The highest BCUT2D eigenvalue weighted by Crippen LogP contribution is 2.35. The van der Waals surface area contributed by atoms with Crippen molar-refractivity contribution < 1.29 is 13.5 Å². The number of hydrogen-bond acceptors (Lipinski definition) is 6. The number of rotatable bonds is 6. The summed E-state index contributed by atoms with van der Waals surface area (Å²) in [6.07, 6.45) is 4.00. The number of nitrogens with zero attached hydrogens (tertiary/aromatic N) is 1. The third kappa shape index (κ3) is 7.17. The van der Waals surface area contributed by atoms with Gasteiger partial charge >= 0.3 is 0 Å². The molecular formula is C24H26ClF2N3OS2. The van der Waals surface area contributed by atoms with Crippen LogP contribution in [0.15, 0.2) is 58.3 Å². The average Bonchev–Trinajstić information content (AvgIpc) is 3.27. The number of nitrogen functional groups attached to an aromatic ring is 1. The Morgan fingerprint density at radius 2 is 2.12 bits per heavy atom. The highest BCUT2D eigenvalue weighted by atomic mass is 35.5. The third-order valence-corrected chi connectivity index (χ3v) is 6.47. The van der Waals surface area contributed by atoms with E-state index in [0.717, 1.165) is 30.5 Å². The van der Waals surface area contributed by atoms with Crippen LogP contribution in [0.3, 0.4) is 0 Å². The van der Waals surface area contributed by atoms with Crippen LogP contribution in [-0.2, 0) is 0 Å². The monoisotopic (exact) mass is 509 g/mol. The molecule has 0 radical (unpaired) electrons. The predicted molar refractivity (Wildman–Crippen MR) is 135 cm³/mol. The summed E-state index contributed by atoms with van der Waals surface area (Å²) >= 11 is 11.7. The van der Waals surface area contributed by atoms with Gasteiger partial charge in [0.15, 0.2) is 0 Å². The number of ether oxygens (including phenoxy) is 1. The normalized spacial score (nSPS) is 17.7. The van der Waals surface area contributed by atoms with Gasteiger partial charge in [-0.15, -0.1) is 24.0 Å². The maximum atomic E-state index is 13.8. The van der Waals surface area contributed by atoms with E-state index in [0.29, 0.717) is 17.4 Å². The Bertz CT molecular complexity index is 1080. The number of thiazole rings is 1. The number of thiol groups is 1. The van der Waals surface area contributed by atoms with E-state index in [-0.39, 0.29) is 28.4 Å². The number of nitrogens with one attached hydrogen (secondary N) is 1. The number of benzene rings is 2. The second-order valence-electron chi connectivity index (χ2n) is 7.48. The van der Waals surface area contributed by atoms with Gasteiger partial charge < -0.3 is 15.8 Å². The molecule has 2 unspecified atom stereocenters. The van der Waals surface area contributed by atoms with Crippen LogP contribution in [0.25, 0.3) is 5.57 Å². The topological polar surface area (TPSA) is 60.2 Å². The molecule has 3 aromatic rings. The summed E-state index contributed by atoms with van der Waals surface area (Å²) in [5.74, 6) is 0.139. The largest absolute Gasteiger partial charge is 0.491 e. The van der Waals surface area contributed by atoms with E-state index in [4.69, 9.17) is 22.1 Å². The van der Waals surface area contributed by atoms with Gasteiger partial charge in [-0.25, -0.2) is 13.8 Å². The fraction of sp³-hybridized carbons (Fsp3) is 0.292. The number of aromatic nitrogens is 1. The van der Waals surface area contributed by atoms with Crippen molar-refractivity contribution in [2.24, 2.45) is 5.92 Å². The van der Waals surface area contributed by atoms with Crippen molar-refractivity contribution in [3.63, 3.8) is 0 Å². The van der Waals surface area contributed by atoms with E-state index in [1.54, 1.807) is 17.0 Å². The van der Waals surface area contributed by atoms with Crippen molar-refractivity contribution in [2.45, 2.75) is 30.7 Å². The molecule has 0 bridgehead atoms. The van der Waals surface area contributed by atoms with Crippen LogP contribution in [0.5, 0.6) is 5.75 Å². The minimum atomic E-state index is -0.481. The Balaban J connectivity index is 0.000000442. The van der Waals surface area contributed by atoms with Crippen molar-refractivity contribution in [1.82, 2.24) is 10.3 Å². The molecule has 1 aliphatic rings. The van der Waals surface area contributed by atoms with Crippen LogP contribution in [0.1, 0.15) is 25.3 Å². The average molecular weight is 510 g/mol. The zero-order valence-corrected chi connectivity index (χ0v) is 20.6. The Morgan fingerprint density at radius 3 is 2.76 bits per heavy atom. The van der Waals surface area contributed by atoms with Gasteiger partial charge in [-0.2, -0.15) is 0 Å². The zero-order valence-electron chi connectivity index (χ0n) is 18.1. The zero-order chi connectivity index (χ0) is 23.8. The number of allylic oxidation sites excluding steroid dienone is 1. The van der Waals surface area contributed by atoms with E-state index >= 15 is 0 Å². The highest BCUT2D eigenvalue weighted by Gasteiger charge is 2.29. The molecule has 176 valence electrons. The summed E-state index contributed by atoms with van der Waals surface area (Å²) < 4.78 is 33.5. The lowest BCUT2D eigenvalue weighted by Crippen LogP contribution is -2.41. The molecule has 4 nitrogen and oxygen atoms in total. The van der Waals surface area contributed by atoms with E-state index in [9.17, 15) is 8.78 Å². The molecule has 0 saturated heterocycles. The molecule has 1 aliphatic carbocycles. The molecule has 3 N–H and O–H groups in total. The number of nitrogens with two attached hydrogens (primary N) is 1. The summed E-state index contributed by atoms with van der Waals surface area (Å²) in [5, 5.41) is 5.59. The van der Waals surface area contributed by atoms with Gasteiger partial charge in [0.2, 0.25) is 0 Å². The predicted octanol–water partition coefficient (Wildman–Crippen LogP) is 6.48. The second kappa shape index (κ2) is 12.4. The lowest BCUT2D eigenvalue weighted by molar-refractivity contribution is 0.236. The van der Waals surface area contributed by atoms with Crippen molar-refractivity contribution >= 4 is 47.0 Å². The molecule has 0 aliphatic heterocycles. The number of hydrogen-bond donors (Lipinski definition) is 3. The molecule has 9 heteroatoms. The van der Waals surface area contributed by atoms with Gasteiger partial charge in [-0.05, 0) is 48.7 Å². The Morgan fingerprint density at radius 1 is 1.30 bits per heavy atom. The SMILES string of the molecule is CCNC1CCC=C(c2cccc(F)c2)C1COc1cc(F)c(S)cc1Cl.Nc1cscn1. The van der Waals surface area contributed by atoms with Gasteiger partial charge in [0.1, 0.15) is 23.2 Å². The van der Waals surface area contributed by atoms with E-state index in [1.165, 1.54) is 35.6 Å². The number of halogens is 3. The maximum absolute atomic E-state index is 13.8. The fourth-order valence-corrected chi connectivity index (χ4v) is 4.66. The molecule has 2 aromatic carbocycles. The molecule has 1 heterocycles. The van der Waals surface area contributed by atoms with Crippen molar-refractivity contribution in [3.05, 3.63) is 75.6 Å². The maximum Gasteiger partial charge on any atom is 0.140 e.